The van der Waals surface area contributed by atoms with E-state index in [1.165, 1.54) is 9.13 Å². The van der Waals surface area contributed by atoms with Crippen LogP contribution in [-0.2, 0) is 4.79 Å². The lowest BCUT2D eigenvalue weighted by molar-refractivity contribution is -0.116. The quantitative estimate of drug-likeness (QED) is 0.586. The van der Waals surface area contributed by atoms with E-state index in [1.54, 1.807) is 6.92 Å². The summed E-state index contributed by atoms with van der Waals surface area (Å²) in [5, 5.41) is 0. The molecule has 1 nitrogen and oxygen atoms in total. The van der Waals surface area contributed by atoms with Crippen molar-refractivity contribution in [3.05, 3.63) is 32.9 Å². The molecular formula is C10H10BrIO. The molecule has 0 N–H and O–H groups in total. The molecule has 0 aliphatic heterocycles. The number of carbonyl (C=O) groups excluding carboxylic acids is 1. The third kappa shape index (κ3) is 2.77. The highest BCUT2D eigenvalue weighted by Gasteiger charge is 2.12. The Morgan fingerprint density at radius 2 is 2.15 bits per heavy atom. The van der Waals surface area contributed by atoms with Gasteiger partial charge in [0.25, 0.3) is 0 Å². The Kier molecular flexibility index (Phi) is 3.91. The van der Waals surface area contributed by atoms with Crippen LogP contribution in [0.4, 0.5) is 0 Å². The fraction of sp³-hybridized carbons (Fsp3) is 0.300. The molecule has 1 rings (SSSR count). The molecule has 0 bridgehead atoms. The SMILES string of the molecule is CC(=O)C(Br)c1ccc(I)c(C)c1. The van der Waals surface area contributed by atoms with Crippen molar-refractivity contribution in [2.45, 2.75) is 18.7 Å². The summed E-state index contributed by atoms with van der Waals surface area (Å²) in [6, 6.07) is 6.06. The largest absolute Gasteiger partial charge is 0.298 e. The topological polar surface area (TPSA) is 17.1 Å². The van der Waals surface area contributed by atoms with E-state index in [9.17, 15) is 4.79 Å². The molecule has 0 aliphatic rings. The average molecular weight is 353 g/mol. The lowest BCUT2D eigenvalue weighted by atomic mass is 10.1. The van der Waals surface area contributed by atoms with Gasteiger partial charge in [-0.3, -0.25) is 4.79 Å². The molecule has 0 spiro atoms. The van der Waals surface area contributed by atoms with Crippen molar-refractivity contribution < 1.29 is 4.79 Å². The Labute approximate surface area is 100 Å². The summed E-state index contributed by atoms with van der Waals surface area (Å²) >= 11 is 5.64. The first-order valence-corrected chi connectivity index (χ1v) is 5.92. The van der Waals surface area contributed by atoms with Crippen LogP contribution >= 0.6 is 38.5 Å². The number of alkyl halides is 1. The van der Waals surface area contributed by atoms with Gasteiger partial charge in [0.05, 0.1) is 4.83 Å². The fourth-order valence-corrected chi connectivity index (χ4v) is 1.68. The van der Waals surface area contributed by atoms with Crippen molar-refractivity contribution in [2.75, 3.05) is 0 Å². The van der Waals surface area contributed by atoms with E-state index in [1.807, 2.05) is 25.1 Å². The van der Waals surface area contributed by atoms with Gasteiger partial charge in [0.15, 0.2) is 0 Å². The van der Waals surface area contributed by atoms with Crippen molar-refractivity contribution in [1.29, 1.82) is 0 Å². The standard InChI is InChI=1S/C10H10BrIO/c1-6-5-8(3-4-9(6)12)10(11)7(2)13/h3-5,10H,1-2H3. The van der Waals surface area contributed by atoms with E-state index >= 15 is 0 Å². The van der Waals surface area contributed by atoms with Crippen LogP contribution in [0, 0.1) is 10.5 Å². The van der Waals surface area contributed by atoms with Crippen LogP contribution in [0.2, 0.25) is 0 Å². The second-order valence-electron chi connectivity index (χ2n) is 2.98. The molecule has 1 unspecified atom stereocenters. The predicted molar refractivity (Wildman–Crippen MR) is 66.2 cm³/mol. The summed E-state index contributed by atoms with van der Waals surface area (Å²) in [5.74, 6) is 0.139. The molecule has 0 aliphatic carbocycles. The van der Waals surface area contributed by atoms with Crippen molar-refractivity contribution in [1.82, 2.24) is 0 Å². The zero-order valence-corrected chi connectivity index (χ0v) is 11.2. The number of Topliss-reactive ketones (excluding diaryl/α,β-unsaturated/α-hetero) is 1. The smallest absolute Gasteiger partial charge is 0.147 e. The summed E-state index contributed by atoms with van der Waals surface area (Å²) in [6.07, 6.45) is 0. The summed E-state index contributed by atoms with van der Waals surface area (Å²) in [7, 11) is 0. The molecule has 0 saturated carbocycles. The Balaban J connectivity index is 3.03. The Morgan fingerprint density at radius 1 is 1.54 bits per heavy atom. The van der Waals surface area contributed by atoms with Gasteiger partial charge >= 0.3 is 0 Å². The molecule has 0 saturated heterocycles. The number of hydrogen-bond donors (Lipinski definition) is 0. The molecule has 70 valence electrons. The molecular weight excluding hydrogens is 343 g/mol. The van der Waals surface area contributed by atoms with Crippen molar-refractivity contribution in [3.8, 4) is 0 Å². The van der Waals surface area contributed by atoms with Gasteiger partial charge in [-0.25, -0.2) is 0 Å². The van der Waals surface area contributed by atoms with E-state index in [4.69, 9.17) is 0 Å². The molecule has 0 radical (unpaired) electrons. The number of ketones is 1. The maximum atomic E-state index is 11.1. The maximum absolute atomic E-state index is 11.1. The number of carbonyl (C=O) groups is 1. The Morgan fingerprint density at radius 3 is 2.62 bits per heavy atom. The highest BCUT2D eigenvalue weighted by Crippen LogP contribution is 2.25. The molecule has 1 aromatic carbocycles. The van der Waals surface area contributed by atoms with Gasteiger partial charge < -0.3 is 0 Å². The van der Waals surface area contributed by atoms with Gasteiger partial charge in [-0.15, -0.1) is 0 Å². The minimum absolute atomic E-state index is 0.139. The minimum atomic E-state index is -0.164. The number of benzene rings is 1. The zero-order chi connectivity index (χ0) is 10.0. The van der Waals surface area contributed by atoms with Crippen molar-refractivity contribution in [2.24, 2.45) is 0 Å². The summed E-state index contributed by atoms with van der Waals surface area (Å²) < 4.78 is 1.23. The van der Waals surface area contributed by atoms with Crippen LogP contribution in [0.1, 0.15) is 22.9 Å². The highest BCUT2D eigenvalue weighted by molar-refractivity contribution is 14.1. The minimum Gasteiger partial charge on any atom is -0.298 e. The monoisotopic (exact) mass is 352 g/mol. The summed E-state index contributed by atoms with van der Waals surface area (Å²) in [5.41, 5.74) is 2.24. The second-order valence-corrected chi connectivity index (χ2v) is 5.06. The van der Waals surface area contributed by atoms with E-state index in [-0.39, 0.29) is 10.6 Å². The maximum Gasteiger partial charge on any atom is 0.147 e. The first kappa shape index (κ1) is 11.2. The normalized spacial score (nSPS) is 12.6. The van der Waals surface area contributed by atoms with Crippen molar-refractivity contribution >= 4 is 44.3 Å². The molecule has 0 amide bonds. The Bertz CT molecular complexity index is 336. The first-order chi connectivity index (χ1) is 6.02. The van der Waals surface area contributed by atoms with Gasteiger partial charge in [0.2, 0.25) is 0 Å². The number of rotatable bonds is 2. The molecule has 1 aromatic rings. The number of aryl methyl sites for hydroxylation is 1. The third-order valence-electron chi connectivity index (χ3n) is 1.83. The number of halogens is 2. The van der Waals surface area contributed by atoms with Gasteiger partial charge in [0, 0.05) is 3.57 Å². The van der Waals surface area contributed by atoms with Crippen LogP contribution < -0.4 is 0 Å². The second kappa shape index (κ2) is 4.55. The molecule has 0 aromatic heterocycles. The van der Waals surface area contributed by atoms with E-state index in [0.717, 1.165) is 5.56 Å². The van der Waals surface area contributed by atoms with Gasteiger partial charge in [-0.05, 0) is 53.6 Å². The lowest BCUT2D eigenvalue weighted by Gasteiger charge is -2.07. The highest BCUT2D eigenvalue weighted by atomic mass is 127. The van der Waals surface area contributed by atoms with E-state index in [0.29, 0.717) is 0 Å². The predicted octanol–water partition coefficient (Wildman–Crippen LogP) is 3.62. The molecule has 0 heterocycles. The van der Waals surface area contributed by atoms with Crippen molar-refractivity contribution in [3.63, 3.8) is 0 Å². The summed E-state index contributed by atoms with van der Waals surface area (Å²) in [4.78, 5) is 10.9. The van der Waals surface area contributed by atoms with Gasteiger partial charge in [-0.2, -0.15) is 0 Å². The van der Waals surface area contributed by atoms with Crippen LogP contribution in [0.3, 0.4) is 0 Å². The number of hydrogen-bond acceptors (Lipinski definition) is 1. The molecule has 1 atom stereocenters. The molecule has 3 heteroatoms. The summed E-state index contributed by atoms with van der Waals surface area (Å²) in [6.45, 7) is 3.64. The third-order valence-corrected chi connectivity index (χ3v) is 4.22. The Hall–Kier alpha value is 0.1000. The zero-order valence-electron chi connectivity index (χ0n) is 7.47. The van der Waals surface area contributed by atoms with Crippen LogP contribution in [0.25, 0.3) is 0 Å². The van der Waals surface area contributed by atoms with Gasteiger partial charge in [0.1, 0.15) is 5.78 Å². The lowest BCUT2D eigenvalue weighted by Crippen LogP contribution is -2.01. The fourth-order valence-electron chi connectivity index (χ4n) is 1.06. The first-order valence-electron chi connectivity index (χ1n) is 3.93. The average Bonchev–Trinajstić information content (AvgIpc) is 2.08. The van der Waals surface area contributed by atoms with Crippen LogP contribution in [0.5, 0.6) is 0 Å². The molecule has 0 fully saturated rings. The van der Waals surface area contributed by atoms with Crippen LogP contribution in [0.15, 0.2) is 18.2 Å². The van der Waals surface area contributed by atoms with E-state index < -0.39 is 0 Å². The van der Waals surface area contributed by atoms with E-state index in [2.05, 4.69) is 38.5 Å². The van der Waals surface area contributed by atoms with Crippen LogP contribution in [-0.4, -0.2) is 5.78 Å². The molecule has 13 heavy (non-hydrogen) atoms. The van der Waals surface area contributed by atoms with Gasteiger partial charge in [-0.1, -0.05) is 28.1 Å².